The van der Waals surface area contributed by atoms with Crippen molar-refractivity contribution in [2.24, 2.45) is 5.10 Å². The molecule has 3 aromatic carbocycles. The summed E-state index contributed by atoms with van der Waals surface area (Å²) in [7, 11) is 1.57. The molecule has 0 atom stereocenters. The van der Waals surface area contributed by atoms with Crippen LogP contribution in [0, 0.1) is 0 Å². The third-order valence-electron chi connectivity index (χ3n) is 4.38. The van der Waals surface area contributed by atoms with Crippen molar-refractivity contribution in [3.63, 3.8) is 0 Å². The molecule has 0 bridgehead atoms. The Bertz CT molecular complexity index is 1100. The second-order valence-corrected chi connectivity index (χ2v) is 7.42. The second-order valence-electron chi connectivity index (χ2n) is 6.60. The summed E-state index contributed by atoms with van der Waals surface area (Å²) < 4.78 is 16.7. The maximum absolute atomic E-state index is 12.2. The summed E-state index contributed by atoms with van der Waals surface area (Å²) in [5.74, 6) is 1.50. The Kier molecular flexibility index (Phi) is 8.36. The highest BCUT2D eigenvalue weighted by Gasteiger charge is 2.08. The molecule has 8 heteroatoms. The molecule has 0 aliphatic heterocycles. The molecular weight excluding hydrogens is 451 g/mol. The number of rotatable bonds is 9. The fourth-order valence-corrected chi connectivity index (χ4v) is 3.08. The maximum Gasteiger partial charge on any atom is 0.271 e. The van der Waals surface area contributed by atoms with Crippen LogP contribution in [0.4, 0.5) is 0 Å². The molecule has 1 amide bonds. The van der Waals surface area contributed by atoms with E-state index >= 15 is 0 Å². The van der Waals surface area contributed by atoms with Crippen LogP contribution in [0.25, 0.3) is 0 Å². The van der Waals surface area contributed by atoms with Gasteiger partial charge in [-0.05, 0) is 72.6 Å². The number of hydrogen-bond donors (Lipinski definition) is 1. The van der Waals surface area contributed by atoms with Crippen LogP contribution in [0.15, 0.2) is 65.8 Å². The van der Waals surface area contributed by atoms with Crippen molar-refractivity contribution in [2.45, 2.75) is 13.5 Å². The van der Waals surface area contributed by atoms with E-state index in [-0.39, 0.29) is 5.91 Å². The monoisotopic (exact) mass is 472 g/mol. The van der Waals surface area contributed by atoms with Gasteiger partial charge in [0.1, 0.15) is 12.4 Å². The molecule has 0 radical (unpaired) electrons. The maximum atomic E-state index is 12.2. The number of benzene rings is 3. The highest BCUT2D eigenvalue weighted by atomic mass is 35.5. The Balaban J connectivity index is 1.64. The number of hydrogen-bond acceptors (Lipinski definition) is 5. The number of amides is 1. The number of ether oxygens (including phenoxy) is 3. The van der Waals surface area contributed by atoms with E-state index < -0.39 is 0 Å². The van der Waals surface area contributed by atoms with Crippen LogP contribution in [0.1, 0.15) is 28.4 Å². The van der Waals surface area contributed by atoms with E-state index in [9.17, 15) is 4.79 Å². The van der Waals surface area contributed by atoms with Crippen molar-refractivity contribution >= 4 is 35.3 Å². The first kappa shape index (κ1) is 23.4. The molecule has 0 saturated heterocycles. The van der Waals surface area contributed by atoms with Crippen LogP contribution in [0.3, 0.4) is 0 Å². The normalized spacial score (nSPS) is 10.8. The summed E-state index contributed by atoms with van der Waals surface area (Å²) in [4.78, 5) is 12.2. The molecule has 0 aliphatic rings. The van der Waals surface area contributed by atoms with Gasteiger partial charge in [0.15, 0.2) is 11.5 Å². The van der Waals surface area contributed by atoms with E-state index in [0.29, 0.717) is 46.1 Å². The summed E-state index contributed by atoms with van der Waals surface area (Å²) in [6.07, 6.45) is 1.53. The highest BCUT2D eigenvalue weighted by molar-refractivity contribution is 6.42. The van der Waals surface area contributed by atoms with Crippen LogP contribution in [0.5, 0.6) is 17.2 Å². The summed E-state index contributed by atoms with van der Waals surface area (Å²) in [6, 6.07) is 17.5. The lowest BCUT2D eigenvalue weighted by Crippen LogP contribution is -2.17. The summed E-state index contributed by atoms with van der Waals surface area (Å²) in [6.45, 7) is 2.67. The number of methoxy groups -OCH3 is 1. The lowest BCUT2D eigenvalue weighted by Gasteiger charge is -2.13. The average molecular weight is 473 g/mol. The number of carbonyl (C=O) groups excluding carboxylic acids is 1. The molecule has 0 heterocycles. The van der Waals surface area contributed by atoms with E-state index in [0.717, 1.165) is 11.1 Å². The fraction of sp³-hybridized carbons (Fsp3) is 0.167. The molecule has 0 fully saturated rings. The predicted octanol–water partition coefficient (Wildman–Crippen LogP) is 5.74. The molecule has 0 aliphatic carbocycles. The fourth-order valence-electron chi connectivity index (χ4n) is 2.76. The Morgan fingerprint density at radius 1 is 0.969 bits per heavy atom. The zero-order chi connectivity index (χ0) is 22.9. The minimum atomic E-state index is -0.324. The molecule has 0 saturated carbocycles. The number of nitrogens with one attached hydrogen (secondary N) is 1. The standard InChI is InChI=1S/C24H22Cl2N2O4/c1-3-31-23-13-16(14-27-28-24(29)18-6-8-19(30-2)9-7-18)5-11-22(23)32-15-17-4-10-20(25)21(26)12-17/h4-14H,3,15H2,1-2H3,(H,28,29). The van der Waals surface area contributed by atoms with E-state index in [2.05, 4.69) is 10.5 Å². The minimum absolute atomic E-state index is 0.308. The molecule has 3 rings (SSSR count). The van der Waals surface area contributed by atoms with Gasteiger partial charge in [-0.25, -0.2) is 5.43 Å². The van der Waals surface area contributed by atoms with Crippen molar-refractivity contribution in [1.82, 2.24) is 5.43 Å². The zero-order valence-electron chi connectivity index (χ0n) is 17.6. The van der Waals surface area contributed by atoms with Crippen LogP contribution in [0.2, 0.25) is 10.0 Å². The predicted molar refractivity (Wildman–Crippen MR) is 126 cm³/mol. The van der Waals surface area contributed by atoms with Crippen molar-refractivity contribution in [3.05, 3.63) is 87.4 Å². The molecule has 166 valence electrons. The molecule has 1 N–H and O–H groups in total. The third kappa shape index (κ3) is 6.39. The lowest BCUT2D eigenvalue weighted by atomic mass is 10.2. The van der Waals surface area contributed by atoms with E-state index in [1.807, 2.05) is 19.1 Å². The van der Waals surface area contributed by atoms with Crippen LogP contribution in [-0.2, 0) is 6.61 Å². The van der Waals surface area contributed by atoms with Gasteiger partial charge in [-0.15, -0.1) is 0 Å². The van der Waals surface area contributed by atoms with Gasteiger partial charge in [0, 0.05) is 5.56 Å². The molecule has 32 heavy (non-hydrogen) atoms. The quantitative estimate of drug-likeness (QED) is 0.318. The zero-order valence-corrected chi connectivity index (χ0v) is 19.1. The Hall–Kier alpha value is -3.22. The van der Waals surface area contributed by atoms with Gasteiger partial charge in [-0.3, -0.25) is 4.79 Å². The first-order valence-corrected chi connectivity index (χ1v) is 10.6. The van der Waals surface area contributed by atoms with Crippen molar-refractivity contribution in [2.75, 3.05) is 13.7 Å². The second kappa shape index (κ2) is 11.4. The molecule has 3 aromatic rings. The third-order valence-corrected chi connectivity index (χ3v) is 5.12. The Labute approximate surface area is 196 Å². The van der Waals surface area contributed by atoms with Crippen molar-refractivity contribution < 1.29 is 19.0 Å². The van der Waals surface area contributed by atoms with Crippen molar-refractivity contribution in [3.8, 4) is 17.2 Å². The number of carbonyl (C=O) groups is 1. The van der Waals surface area contributed by atoms with Crippen LogP contribution < -0.4 is 19.6 Å². The van der Waals surface area contributed by atoms with Crippen LogP contribution in [-0.4, -0.2) is 25.8 Å². The van der Waals surface area contributed by atoms with Gasteiger partial charge in [0.25, 0.3) is 5.91 Å². The lowest BCUT2D eigenvalue weighted by molar-refractivity contribution is 0.0955. The molecular formula is C24H22Cl2N2O4. The highest BCUT2D eigenvalue weighted by Crippen LogP contribution is 2.30. The first-order chi connectivity index (χ1) is 15.5. The smallest absolute Gasteiger partial charge is 0.271 e. The van der Waals surface area contributed by atoms with E-state index in [1.54, 1.807) is 55.6 Å². The number of nitrogens with zero attached hydrogens (tertiary/aromatic N) is 1. The largest absolute Gasteiger partial charge is 0.497 e. The van der Waals surface area contributed by atoms with Gasteiger partial charge in [-0.1, -0.05) is 29.3 Å². The van der Waals surface area contributed by atoms with Gasteiger partial charge in [0.05, 0.1) is 30.0 Å². The number of hydrazone groups is 1. The van der Waals surface area contributed by atoms with Gasteiger partial charge in [0.2, 0.25) is 0 Å². The summed E-state index contributed by atoms with van der Waals surface area (Å²) >= 11 is 12.0. The average Bonchev–Trinajstić information content (AvgIpc) is 2.81. The van der Waals surface area contributed by atoms with E-state index in [1.165, 1.54) is 6.21 Å². The van der Waals surface area contributed by atoms with E-state index in [4.69, 9.17) is 37.4 Å². The first-order valence-electron chi connectivity index (χ1n) is 9.81. The molecule has 6 nitrogen and oxygen atoms in total. The molecule has 0 spiro atoms. The SMILES string of the molecule is CCOc1cc(C=NNC(=O)c2ccc(OC)cc2)ccc1OCc1ccc(Cl)c(Cl)c1. The van der Waals surface area contributed by atoms with Gasteiger partial charge >= 0.3 is 0 Å². The van der Waals surface area contributed by atoms with Gasteiger partial charge < -0.3 is 14.2 Å². The number of halogens is 2. The van der Waals surface area contributed by atoms with Crippen LogP contribution >= 0.6 is 23.2 Å². The minimum Gasteiger partial charge on any atom is -0.497 e. The molecule has 0 unspecified atom stereocenters. The summed E-state index contributed by atoms with van der Waals surface area (Å²) in [5.41, 5.74) is 4.60. The summed E-state index contributed by atoms with van der Waals surface area (Å²) in [5, 5.41) is 4.99. The Morgan fingerprint density at radius 2 is 1.75 bits per heavy atom. The van der Waals surface area contributed by atoms with Crippen molar-refractivity contribution in [1.29, 1.82) is 0 Å². The van der Waals surface area contributed by atoms with Gasteiger partial charge in [-0.2, -0.15) is 5.10 Å². The molecule has 0 aromatic heterocycles. The topological polar surface area (TPSA) is 69.2 Å². The Morgan fingerprint density at radius 3 is 2.44 bits per heavy atom.